The van der Waals surface area contributed by atoms with Crippen LogP contribution in [0.5, 0.6) is 0 Å². The van der Waals surface area contributed by atoms with E-state index in [1.165, 1.54) is 5.56 Å². The SMILES string of the molecule is CCCS(=O)(=O)NC1CCN(C(=O)c2ccc(C)c(C)c2)CC1. The van der Waals surface area contributed by atoms with E-state index in [0.717, 1.165) is 5.56 Å². The number of carbonyl (C=O) groups excluding carboxylic acids is 1. The summed E-state index contributed by atoms with van der Waals surface area (Å²) in [4.78, 5) is 14.4. The molecule has 1 fully saturated rings. The van der Waals surface area contributed by atoms with Gasteiger partial charge in [-0.15, -0.1) is 0 Å². The highest BCUT2D eigenvalue weighted by Gasteiger charge is 2.26. The molecule has 5 nitrogen and oxygen atoms in total. The van der Waals surface area contributed by atoms with Crippen LogP contribution in [0.2, 0.25) is 0 Å². The van der Waals surface area contributed by atoms with Crippen molar-refractivity contribution >= 4 is 15.9 Å². The highest BCUT2D eigenvalue weighted by Crippen LogP contribution is 2.17. The van der Waals surface area contributed by atoms with Crippen molar-refractivity contribution in [2.24, 2.45) is 0 Å². The Hall–Kier alpha value is -1.40. The van der Waals surface area contributed by atoms with Gasteiger partial charge in [-0.05, 0) is 56.4 Å². The molecule has 1 saturated heterocycles. The van der Waals surface area contributed by atoms with Gasteiger partial charge in [0.1, 0.15) is 0 Å². The minimum atomic E-state index is -3.18. The smallest absolute Gasteiger partial charge is 0.253 e. The van der Waals surface area contributed by atoms with Crippen molar-refractivity contribution in [1.82, 2.24) is 9.62 Å². The average Bonchev–Trinajstić information content (AvgIpc) is 2.49. The second-order valence-corrected chi connectivity index (χ2v) is 8.18. The number of hydrogen-bond donors (Lipinski definition) is 1. The predicted molar refractivity (Wildman–Crippen MR) is 92.1 cm³/mol. The van der Waals surface area contributed by atoms with Gasteiger partial charge in [-0.1, -0.05) is 13.0 Å². The highest BCUT2D eigenvalue weighted by molar-refractivity contribution is 7.89. The molecular formula is C17H26N2O3S. The van der Waals surface area contributed by atoms with Gasteiger partial charge in [0.15, 0.2) is 0 Å². The molecule has 0 aliphatic carbocycles. The summed E-state index contributed by atoms with van der Waals surface area (Å²) in [5.74, 6) is 0.192. The Morgan fingerprint density at radius 3 is 2.43 bits per heavy atom. The van der Waals surface area contributed by atoms with Gasteiger partial charge in [0.05, 0.1) is 5.75 Å². The number of aryl methyl sites for hydroxylation is 2. The first-order chi connectivity index (χ1) is 10.8. The Morgan fingerprint density at radius 2 is 1.87 bits per heavy atom. The summed E-state index contributed by atoms with van der Waals surface area (Å²) in [6.45, 7) is 7.05. The normalized spacial score (nSPS) is 16.6. The van der Waals surface area contributed by atoms with E-state index in [0.29, 0.717) is 37.9 Å². The molecule has 1 aliphatic rings. The van der Waals surface area contributed by atoms with Crippen LogP contribution in [0.1, 0.15) is 47.7 Å². The van der Waals surface area contributed by atoms with Gasteiger partial charge in [-0.25, -0.2) is 13.1 Å². The van der Waals surface area contributed by atoms with Crippen molar-refractivity contribution in [2.45, 2.75) is 46.1 Å². The molecule has 0 atom stereocenters. The summed E-state index contributed by atoms with van der Waals surface area (Å²) in [6, 6.07) is 5.69. The zero-order chi connectivity index (χ0) is 17.0. The third-order valence-electron chi connectivity index (χ3n) is 4.36. The fraction of sp³-hybridized carbons (Fsp3) is 0.588. The summed E-state index contributed by atoms with van der Waals surface area (Å²) in [6.07, 6.45) is 1.94. The minimum absolute atomic E-state index is 0.0305. The molecule has 2 rings (SSSR count). The van der Waals surface area contributed by atoms with Gasteiger partial charge in [0, 0.05) is 24.7 Å². The molecule has 6 heteroatoms. The van der Waals surface area contributed by atoms with Gasteiger partial charge in [0.2, 0.25) is 10.0 Å². The second-order valence-electron chi connectivity index (χ2n) is 6.30. The number of likely N-dealkylation sites (tertiary alicyclic amines) is 1. The quantitative estimate of drug-likeness (QED) is 0.895. The third kappa shape index (κ3) is 4.78. The van der Waals surface area contributed by atoms with Gasteiger partial charge in [-0.3, -0.25) is 4.79 Å². The lowest BCUT2D eigenvalue weighted by atomic mass is 10.0. The molecule has 128 valence electrons. The lowest BCUT2D eigenvalue weighted by Crippen LogP contribution is -2.47. The van der Waals surface area contributed by atoms with Crippen LogP contribution in [-0.2, 0) is 10.0 Å². The number of rotatable bonds is 5. The van der Waals surface area contributed by atoms with E-state index in [2.05, 4.69) is 4.72 Å². The topological polar surface area (TPSA) is 66.5 Å². The molecule has 1 heterocycles. The Bertz CT molecular complexity index is 662. The van der Waals surface area contributed by atoms with Crippen molar-refractivity contribution < 1.29 is 13.2 Å². The van der Waals surface area contributed by atoms with Crippen LogP contribution in [0, 0.1) is 13.8 Å². The predicted octanol–water partition coefficient (Wildman–Crippen LogP) is 2.24. The molecule has 1 aliphatic heterocycles. The van der Waals surface area contributed by atoms with Crippen LogP contribution in [0.3, 0.4) is 0 Å². The van der Waals surface area contributed by atoms with E-state index in [9.17, 15) is 13.2 Å². The third-order valence-corrected chi connectivity index (χ3v) is 5.99. The van der Waals surface area contributed by atoms with Crippen LogP contribution in [-0.4, -0.2) is 44.1 Å². The first-order valence-electron chi connectivity index (χ1n) is 8.19. The largest absolute Gasteiger partial charge is 0.339 e. The highest BCUT2D eigenvalue weighted by atomic mass is 32.2. The Labute approximate surface area is 139 Å². The lowest BCUT2D eigenvalue weighted by Gasteiger charge is -2.32. The lowest BCUT2D eigenvalue weighted by molar-refractivity contribution is 0.0711. The summed E-state index contributed by atoms with van der Waals surface area (Å²) in [7, 11) is -3.18. The number of piperidine rings is 1. The number of amides is 1. The number of hydrogen-bond acceptors (Lipinski definition) is 3. The minimum Gasteiger partial charge on any atom is -0.339 e. The Balaban J connectivity index is 1.93. The molecule has 1 aromatic rings. The maximum Gasteiger partial charge on any atom is 0.253 e. The molecular weight excluding hydrogens is 312 g/mol. The van der Waals surface area contributed by atoms with Gasteiger partial charge >= 0.3 is 0 Å². The van der Waals surface area contributed by atoms with Crippen molar-refractivity contribution in [3.63, 3.8) is 0 Å². The van der Waals surface area contributed by atoms with E-state index in [1.807, 2.05) is 43.9 Å². The van der Waals surface area contributed by atoms with E-state index >= 15 is 0 Å². The first-order valence-corrected chi connectivity index (χ1v) is 9.84. The maximum absolute atomic E-state index is 12.5. The van der Waals surface area contributed by atoms with E-state index in [4.69, 9.17) is 0 Å². The molecule has 0 aromatic heterocycles. The zero-order valence-electron chi connectivity index (χ0n) is 14.1. The molecule has 0 bridgehead atoms. The van der Waals surface area contributed by atoms with Crippen LogP contribution in [0.4, 0.5) is 0 Å². The number of benzene rings is 1. The summed E-state index contributed by atoms with van der Waals surface area (Å²) in [5, 5.41) is 0. The van der Waals surface area contributed by atoms with E-state index < -0.39 is 10.0 Å². The second kappa shape index (κ2) is 7.45. The molecule has 0 spiro atoms. The molecule has 1 aromatic carbocycles. The standard InChI is InChI=1S/C17H26N2O3S/c1-4-11-23(21,22)18-16-7-9-19(10-8-16)17(20)15-6-5-13(2)14(3)12-15/h5-6,12,16,18H,4,7-11H2,1-3H3. The number of nitrogens with zero attached hydrogens (tertiary/aromatic N) is 1. The van der Waals surface area contributed by atoms with E-state index in [-0.39, 0.29) is 17.7 Å². The monoisotopic (exact) mass is 338 g/mol. The maximum atomic E-state index is 12.5. The molecule has 0 saturated carbocycles. The first kappa shape index (κ1) is 17.9. The summed E-state index contributed by atoms with van der Waals surface area (Å²) in [5.41, 5.74) is 2.99. The van der Waals surface area contributed by atoms with Crippen molar-refractivity contribution in [1.29, 1.82) is 0 Å². The van der Waals surface area contributed by atoms with Crippen molar-refractivity contribution in [2.75, 3.05) is 18.8 Å². The van der Waals surface area contributed by atoms with Crippen molar-refractivity contribution in [3.05, 3.63) is 34.9 Å². The molecule has 0 radical (unpaired) electrons. The van der Waals surface area contributed by atoms with Crippen LogP contribution < -0.4 is 4.72 Å². The van der Waals surface area contributed by atoms with Crippen LogP contribution >= 0.6 is 0 Å². The molecule has 1 N–H and O–H groups in total. The summed E-state index contributed by atoms with van der Waals surface area (Å²) >= 11 is 0. The molecule has 0 unspecified atom stereocenters. The van der Waals surface area contributed by atoms with Gasteiger partial charge < -0.3 is 4.90 Å². The molecule has 1 amide bonds. The molecule has 23 heavy (non-hydrogen) atoms. The fourth-order valence-electron chi connectivity index (χ4n) is 2.84. The fourth-order valence-corrected chi connectivity index (χ4v) is 4.24. The zero-order valence-corrected chi connectivity index (χ0v) is 14.9. The van der Waals surface area contributed by atoms with Crippen LogP contribution in [0.25, 0.3) is 0 Å². The van der Waals surface area contributed by atoms with Crippen LogP contribution in [0.15, 0.2) is 18.2 Å². The Kier molecular flexibility index (Phi) is 5.81. The van der Waals surface area contributed by atoms with E-state index in [1.54, 1.807) is 0 Å². The number of nitrogens with one attached hydrogen (secondary N) is 1. The number of sulfonamides is 1. The van der Waals surface area contributed by atoms with Gasteiger partial charge in [-0.2, -0.15) is 0 Å². The Morgan fingerprint density at radius 1 is 1.22 bits per heavy atom. The number of carbonyl (C=O) groups is 1. The van der Waals surface area contributed by atoms with Crippen molar-refractivity contribution in [3.8, 4) is 0 Å². The van der Waals surface area contributed by atoms with Gasteiger partial charge in [0.25, 0.3) is 5.91 Å². The average molecular weight is 338 g/mol. The summed E-state index contributed by atoms with van der Waals surface area (Å²) < 4.78 is 26.4.